The summed E-state index contributed by atoms with van der Waals surface area (Å²) in [5.74, 6) is 1.56. The largest absolute Gasteiger partial charge is 0.310 e. The maximum Gasteiger partial charge on any atom is 0.174 e. The van der Waals surface area contributed by atoms with Gasteiger partial charge < -0.3 is 4.57 Å². The van der Waals surface area contributed by atoms with Crippen LogP contribution in [0.3, 0.4) is 0 Å². The third kappa shape index (κ3) is 2.87. The van der Waals surface area contributed by atoms with Crippen molar-refractivity contribution in [1.29, 1.82) is 5.26 Å². The van der Waals surface area contributed by atoms with Gasteiger partial charge in [-0.1, -0.05) is 41.8 Å². The molecule has 0 spiro atoms. The number of hydrogen-bond donors (Lipinski definition) is 0. The molecule has 3 rings (SSSR count). The van der Waals surface area contributed by atoms with Gasteiger partial charge in [0.1, 0.15) is 11.9 Å². The zero-order chi connectivity index (χ0) is 15.5. The van der Waals surface area contributed by atoms with Gasteiger partial charge in [0.25, 0.3) is 0 Å². The number of aromatic nitrogens is 3. The lowest BCUT2D eigenvalue weighted by Gasteiger charge is -2.06. The Morgan fingerprint density at radius 1 is 1.23 bits per heavy atom. The lowest BCUT2D eigenvalue weighted by atomic mass is 10.1. The molecule has 0 unspecified atom stereocenters. The molecule has 2 heterocycles. The molecule has 0 saturated heterocycles. The quantitative estimate of drug-likeness (QED) is 0.767. The smallest absolute Gasteiger partial charge is 0.174 e. The summed E-state index contributed by atoms with van der Waals surface area (Å²) >= 11 is 12.2. The van der Waals surface area contributed by atoms with Gasteiger partial charge in [0.05, 0.1) is 15.6 Å². The zero-order valence-corrected chi connectivity index (χ0v) is 13.4. The maximum atomic E-state index is 9.52. The van der Waals surface area contributed by atoms with Gasteiger partial charge in [-0.15, -0.1) is 10.2 Å². The second-order valence-corrected chi connectivity index (χ2v) is 6.00. The highest BCUT2D eigenvalue weighted by atomic mass is 35.5. The monoisotopic (exact) mass is 332 g/mol. The van der Waals surface area contributed by atoms with Crippen LogP contribution in [0, 0.1) is 11.3 Å². The summed E-state index contributed by atoms with van der Waals surface area (Å²) in [7, 11) is 0. The van der Waals surface area contributed by atoms with Crippen molar-refractivity contribution >= 4 is 34.9 Å². The van der Waals surface area contributed by atoms with E-state index < -0.39 is 0 Å². The molecule has 1 aliphatic heterocycles. The predicted molar refractivity (Wildman–Crippen MR) is 87.5 cm³/mol. The second-order valence-electron chi connectivity index (χ2n) is 5.21. The van der Waals surface area contributed by atoms with Crippen molar-refractivity contribution in [3.63, 3.8) is 0 Å². The van der Waals surface area contributed by atoms with Gasteiger partial charge in [0.2, 0.25) is 0 Å². The van der Waals surface area contributed by atoms with Gasteiger partial charge in [-0.05, 0) is 30.5 Å². The predicted octanol–water partition coefficient (Wildman–Crippen LogP) is 4.38. The van der Waals surface area contributed by atoms with Gasteiger partial charge in [-0.25, -0.2) is 0 Å². The molecule has 1 aromatic carbocycles. The summed E-state index contributed by atoms with van der Waals surface area (Å²) in [4.78, 5) is 0. The van der Waals surface area contributed by atoms with Crippen LogP contribution in [0.15, 0.2) is 18.2 Å². The number of nitriles is 1. The molecule has 0 saturated carbocycles. The fourth-order valence-corrected chi connectivity index (χ4v) is 2.98. The van der Waals surface area contributed by atoms with Crippen LogP contribution in [0.25, 0.3) is 11.6 Å². The number of halogens is 2. The molecule has 1 aromatic heterocycles. The van der Waals surface area contributed by atoms with Crippen molar-refractivity contribution in [2.24, 2.45) is 0 Å². The molecule has 112 valence electrons. The summed E-state index contributed by atoms with van der Waals surface area (Å²) < 4.78 is 2.04. The van der Waals surface area contributed by atoms with E-state index in [1.807, 2.05) is 10.6 Å². The van der Waals surface area contributed by atoms with Crippen LogP contribution in [0.2, 0.25) is 10.0 Å². The van der Waals surface area contributed by atoms with Crippen molar-refractivity contribution < 1.29 is 0 Å². The molecular weight excluding hydrogens is 319 g/mol. The molecule has 0 aliphatic carbocycles. The zero-order valence-electron chi connectivity index (χ0n) is 11.9. The van der Waals surface area contributed by atoms with Crippen molar-refractivity contribution in [3.05, 3.63) is 45.5 Å². The van der Waals surface area contributed by atoms with E-state index in [0.29, 0.717) is 27.0 Å². The van der Waals surface area contributed by atoms with E-state index in [2.05, 4.69) is 16.3 Å². The van der Waals surface area contributed by atoms with Crippen LogP contribution in [-0.4, -0.2) is 14.8 Å². The average molecular weight is 333 g/mol. The van der Waals surface area contributed by atoms with Gasteiger partial charge >= 0.3 is 0 Å². The highest BCUT2D eigenvalue weighted by Crippen LogP contribution is 2.29. The summed E-state index contributed by atoms with van der Waals surface area (Å²) in [5.41, 5.74) is 1.15. The average Bonchev–Trinajstić information content (AvgIpc) is 2.77. The minimum Gasteiger partial charge on any atom is -0.310 e. The minimum absolute atomic E-state index is 0.438. The van der Waals surface area contributed by atoms with Crippen molar-refractivity contribution in [2.75, 3.05) is 0 Å². The van der Waals surface area contributed by atoms with Crippen molar-refractivity contribution in [2.45, 2.75) is 32.2 Å². The molecule has 1 aliphatic rings. The molecule has 0 bridgehead atoms. The standard InChI is InChI=1S/C16H14Cl2N4/c17-13-6-4-5-11(15(13)18)9-12(10-19)16-21-20-14-7-2-1-3-8-22(14)16/h4-6,9H,1-3,7-8H2/b12-9-. The third-order valence-corrected chi connectivity index (χ3v) is 4.59. The summed E-state index contributed by atoms with van der Waals surface area (Å²) in [6, 6.07) is 7.55. The van der Waals surface area contributed by atoms with E-state index in [-0.39, 0.29) is 0 Å². The van der Waals surface area contributed by atoms with E-state index in [1.54, 1.807) is 18.2 Å². The van der Waals surface area contributed by atoms with Gasteiger partial charge in [-0.3, -0.25) is 0 Å². The maximum absolute atomic E-state index is 9.52. The van der Waals surface area contributed by atoms with Crippen LogP contribution in [0.1, 0.15) is 36.5 Å². The molecule has 2 aromatic rings. The third-order valence-electron chi connectivity index (χ3n) is 3.75. The number of rotatable bonds is 2. The van der Waals surface area contributed by atoms with E-state index in [4.69, 9.17) is 23.2 Å². The Morgan fingerprint density at radius 3 is 2.91 bits per heavy atom. The molecule has 0 atom stereocenters. The molecule has 0 amide bonds. The summed E-state index contributed by atoms with van der Waals surface area (Å²) in [6.45, 7) is 0.847. The first kappa shape index (κ1) is 15.1. The van der Waals surface area contributed by atoms with Crippen LogP contribution >= 0.6 is 23.2 Å². The molecule has 22 heavy (non-hydrogen) atoms. The van der Waals surface area contributed by atoms with Crippen molar-refractivity contribution in [1.82, 2.24) is 14.8 Å². The normalized spacial score (nSPS) is 15.0. The molecule has 4 nitrogen and oxygen atoms in total. The lowest BCUT2D eigenvalue weighted by molar-refractivity contribution is 0.627. The van der Waals surface area contributed by atoms with E-state index >= 15 is 0 Å². The van der Waals surface area contributed by atoms with Gasteiger partial charge in [0, 0.05) is 13.0 Å². The Labute approximate surface area is 139 Å². The van der Waals surface area contributed by atoms with Crippen LogP contribution in [0.5, 0.6) is 0 Å². The van der Waals surface area contributed by atoms with E-state index in [9.17, 15) is 5.26 Å². The molecule has 0 N–H and O–H groups in total. The molecule has 0 fully saturated rings. The van der Waals surface area contributed by atoms with Crippen LogP contribution in [0.4, 0.5) is 0 Å². The fraction of sp³-hybridized carbons (Fsp3) is 0.312. The van der Waals surface area contributed by atoms with E-state index in [0.717, 1.165) is 31.6 Å². The SMILES string of the molecule is N#C/C(=C/c1cccc(Cl)c1Cl)c1nnc2n1CCCCC2. The van der Waals surface area contributed by atoms with Gasteiger partial charge in [0.15, 0.2) is 5.82 Å². The summed E-state index contributed by atoms with van der Waals surface area (Å²) in [6.07, 6.45) is 5.99. The Balaban J connectivity index is 2.05. The topological polar surface area (TPSA) is 54.5 Å². The van der Waals surface area contributed by atoms with Crippen molar-refractivity contribution in [3.8, 4) is 6.07 Å². The first-order chi connectivity index (χ1) is 10.7. The summed E-state index contributed by atoms with van der Waals surface area (Å²) in [5, 5.41) is 18.9. The number of aryl methyl sites for hydroxylation is 1. The molecule has 6 heteroatoms. The highest BCUT2D eigenvalue weighted by molar-refractivity contribution is 6.43. The first-order valence-electron chi connectivity index (χ1n) is 7.19. The number of nitrogens with zero attached hydrogens (tertiary/aromatic N) is 4. The number of hydrogen-bond acceptors (Lipinski definition) is 3. The number of benzene rings is 1. The highest BCUT2D eigenvalue weighted by Gasteiger charge is 2.18. The minimum atomic E-state index is 0.438. The molecular formula is C16H14Cl2N4. The Bertz CT molecular complexity index is 771. The number of allylic oxidation sites excluding steroid dienone is 1. The number of fused-ring (bicyclic) bond motifs is 1. The van der Waals surface area contributed by atoms with E-state index in [1.165, 1.54) is 6.42 Å². The lowest BCUT2D eigenvalue weighted by Crippen LogP contribution is -2.05. The Kier molecular flexibility index (Phi) is 4.47. The Morgan fingerprint density at radius 2 is 2.09 bits per heavy atom. The second kappa shape index (κ2) is 6.51. The van der Waals surface area contributed by atoms with Crippen LogP contribution in [-0.2, 0) is 13.0 Å². The van der Waals surface area contributed by atoms with Crippen LogP contribution < -0.4 is 0 Å². The fourth-order valence-electron chi connectivity index (χ4n) is 2.62. The van der Waals surface area contributed by atoms with Gasteiger partial charge in [-0.2, -0.15) is 5.26 Å². The molecule has 0 radical (unpaired) electrons. The first-order valence-corrected chi connectivity index (χ1v) is 7.94. The Hall–Kier alpha value is -1.83.